The smallest absolute Gasteiger partial charge is 0.191 e. The fourth-order valence-corrected chi connectivity index (χ4v) is 2.93. The van der Waals surface area contributed by atoms with Crippen molar-refractivity contribution in [2.75, 3.05) is 5.75 Å². The Hall–Kier alpha value is -0.850. The van der Waals surface area contributed by atoms with E-state index in [-0.39, 0.29) is 6.10 Å². The lowest BCUT2D eigenvalue weighted by molar-refractivity contribution is 0.171. The lowest BCUT2D eigenvalue weighted by Gasteiger charge is -2.19. The van der Waals surface area contributed by atoms with Gasteiger partial charge in [-0.2, -0.15) is 0 Å². The van der Waals surface area contributed by atoms with Crippen LogP contribution in [-0.4, -0.2) is 31.7 Å². The fraction of sp³-hybridized carbons (Fsp3) is 0.273. The summed E-state index contributed by atoms with van der Waals surface area (Å²) in [6.07, 6.45) is -0.322. The van der Waals surface area contributed by atoms with E-state index in [1.54, 1.807) is 11.8 Å². The van der Waals surface area contributed by atoms with Gasteiger partial charge in [0.05, 0.1) is 12.6 Å². The Morgan fingerprint density at radius 3 is 2.82 bits per heavy atom. The summed E-state index contributed by atoms with van der Waals surface area (Å²) in [5.41, 5.74) is 1.02. The number of halogens is 1. The second-order valence-electron chi connectivity index (χ2n) is 3.89. The van der Waals surface area contributed by atoms with Crippen LogP contribution in [0.25, 0.3) is 11.4 Å². The summed E-state index contributed by atoms with van der Waals surface area (Å²) in [4.78, 5) is 0. The van der Waals surface area contributed by atoms with Gasteiger partial charge < -0.3 is 5.11 Å². The molecule has 1 N–H and O–H groups in total. The van der Waals surface area contributed by atoms with E-state index >= 15 is 0 Å². The van der Waals surface area contributed by atoms with E-state index < -0.39 is 0 Å². The zero-order chi connectivity index (χ0) is 11.8. The minimum absolute atomic E-state index is 0.322. The second-order valence-corrected chi connectivity index (χ2v) is 5.79. The standard InChI is InChI=1S/C11H10BrN3OS/c12-8-3-1-7(2-4-8)10-13-14-11-15(10)5-9(16)6-17-11/h1-4,9,16H,5-6H2/t9-/m0/s1. The van der Waals surface area contributed by atoms with E-state index in [0.717, 1.165) is 21.0 Å². The van der Waals surface area contributed by atoms with Gasteiger partial charge in [-0.3, -0.25) is 4.57 Å². The number of aliphatic hydroxyl groups is 1. The third-order valence-electron chi connectivity index (χ3n) is 2.62. The van der Waals surface area contributed by atoms with Crippen LogP contribution >= 0.6 is 27.7 Å². The summed E-state index contributed by atoms with van der Waals surface area (Å²) >= 11 is 4.95. The predicted molar refractivity (Wildman–Crippen MR) is 69.9 cm³/mol. The van der Waals surface area contributed by atoms with Crippen LogP contribution in [0.2, 0.25) is 0 Å². The lowest BCUT2D eigenvalue weighted by atomic mass is 10.2. The highest BCUT2D eigenvalue weighted by atomic mass is 79.9. The number of benzene rings is 1. The molecule has 0 saturated carbocycles. The Bertz CT molecular complexity index is 540. The molecule has 17 heavy (non-hydrogen) atoms. The summed E-state index contributed by atoms with van der Waals surface area (Å²) in [5, 5.41) is 18.9. The van der Waals surface area contributed by atoms with E-state index in [0.29, 0.717) is 12.3 Å². The minimum Gasteiger partial charge on any atom is -0.390 e. The van der Waals surface area contributed by atoms with Gasteiger partial charge >= 0.3 is 0 Å². The number of aliphatic hydroxyl groups excluding tert-OH is 1. The molecule has 88 valence electrons. The molecule has 1 atom stereocenters. The van der Waals surface area contributed by atoms with Crippen molar-refractivity contribution >= 4 is 27.7 Å². The van der Waals surface area contributed by atoms with Crippen molar-refractivity contribution < 1.29 is 5.11 Å². The summed E-state index contributed by atoms with van der Waals surface area (Å²) in [7, 11) is 0. The zero-order valence-corrected chi connectivity index (χ0v) is 11.3. The molecular weight excluding hydrogens is 302 g/mol. The van der Waals surface area contributed by atoms with Crippen LogP contribution in [0.4, 0.5) is 0 Å². The summed E-state index contributed by atoms with van der Waals surface area (Å²) in [6.45, 7) is 0.570. The molecule has 1 aliphatic heterocycles. The van der Waals surface area contributed by atoms with Crippen molar-refractivity contribution in [2.24, 2.45) is 0 Å². The molecule has 0 spiro atoms. The van der Waals surface area contributed by atoms with Crippen molar-refractivity contribution in [3.63, 3.8) is 0 Å². The van der Waals surface area contributed by atoms with Crippen molar-refractivity contribution in [3.8, 4) is 11.4 Å². The topological polar surface area (TPSA) is 50.9 Å². The monoisotopic (exact) mass is 311 g/mol. The number of rotatable bonds is 1. The number of fused-ring (bicyclic) bond motifs is 1. The van der Waals surface area contributed by atoms with E-state index in [9.17, 15) is 5.11 Å². The summed E-state index contributed by atoms with van der Waals surface area (Å²) < 4.78 is 3.01. The first-order chi connectivity index (χ1) is 8.24. The number of hydrogen-bond donors (Lipinski definition) is 1. The summed E-state index contributed by atoms with van der Waals surface area (Å²) in [6, 6.07) is 7.94. The van der Waals surface area contributed by atoms with Gasteiger partial charge in [-0.1, -0.05) is 39.8 Å². The van der Waals surface area contributed by atoms with E-state index in [1.165, 1.54) is 0 Å². The van der Waals surface area contributed by atoms with Gasteiger partial charge in [0.1, 0.15) is 0 Å². The minimum atomic E-state index is -0.322. The molecule has 0 unspecified atom stereocenters. The normalized spacial score (nSPS) is 19.1. The maximum Gasteiger partial charge on any atom is 0.191 e. The third-order valence-corrected chi connectivity index (χ3v) is 4.26. The predicted octanol–water partition coefficient (Wildman–Crippen LogP) is 2.17. The van der Waals surface area contributed by atoms with Crippen molar-refractivity contribution in [2.45, 2.75) is 17.8 Å². The molecule has 4 nitrogen and oxygen atoms in total. The molecule has 1 aliphatic rings. The van der Waals surface area contributed by atoms with E-state index in [4.69, 9.17) is 0 Å². The van der Waals surface area contributed by atoms with Gasteiger partial charge in [-0.15, -0.1) is 10.2 Å². The average molecular weight is 312 g/mol. The first-order valence-corrected chi connectivity index (χ1v) is 7.02. The third kappa shape index (κ3) is 2.12. The molecule has 0 radical (unpaired) electrons. The largest absolute Gasteiger partial charge is 0.390 e. The Labute approximate surface area is 111 Å². The SMILES string of the molecule is O[C@@H]1CSc2nnc(-c3ccc(Br)cc3)n2C1. The van der Waals surface area contributed by atoms with E-state index in [1.807, 2.05) is 28.8 Å². The average Bonchev–Trinajstić information content (AvgIpc) is 2.73. The van der Waals surface area contributed by atoms with Gasteiger partial charge in [0.15, 0.2) is 11.0 Å². The molecule has 0 bridgehead atoms. The Balaban J connectivity index is 2.04. The molecule has 2 heterocycles. The molecule has 2 aromatic rings. The van der Waals surface area contributed by atoms with Gasteiger partial charge in [0.2, 0.25) is 0 Å². The highest BCUT2D eigenvalue weighted by Gasteiger charge is 2.22. The van der Waals surface area contributed by atoms with Gasteiger partial charge in [-0.05, 0) is 12.1 Å². The van der Waals surface area contributed by atoms with Crippen LogP contribution in [0.15, 0.2) is 33.9 Å². The van der Waals surface area contributed by atoms with Gasteiger partial charge in [0, 0.05) is 15.8 Å². The molecule has 0 aliphatic carbocycles. The van der Waals surface area contributed by atoms with E-state index in [2.05, 4.69) is 26.1 Å². The molecular formula is C11H10BrN3OS. The summed E-state index contributed by atoms with van der Waals surface area (Å²) in [5.74, 6) is 1.51. The molecule has 0 fully saturated rings. The Morgan fingerprint density at radius 2 is 2.06 bits per heavy atom. The van der Waals surface area contributed by atoms with Crippen LogP contribution in [-0.2, 0) is 6.54 Å². The van der Waals surface area contributed by atoms with Crippen molar-refractivity contribution in [3.05, 3.63) is 28.7 Å². The van der Waals surface area contributed by atoms with Crippen LogP contribution in [0.1, 0.15) is 0 Å². The highest BCUT2D eigenvalue weighted by Crippen LogP contribution is 2.29. The maximum atomic E-state index is 9.69. The van der Waals surface area contributed by atoms with Crippen molar-refractivity contribution in [1.82, 2.24) is 14.8 Å². The van der Waals surface area contributed by atoms with Crippen molar-refractivity contribution in [1.29, 1.82) is 0 Å². The zero-order valence-electron chi connectivity index (χ0n) is 8.88. The Kier molecular flexibility index (Phi) is 2.94. The number of aromatic nitrogens is 3. The molecule has 6 heteroatoms. The molecule has 3 rings (SSSR count). The van der Waals surface area contributed by atoms with Gasteiger partial charge in [0.25, 0.3) is 0 Å². The van der Waals surface area contributed by atoms with Crippen LogP contribution in [0.3, 0.4) is 0 Å². The number of hydrogen-bond acceptors (Lipinski definition) is 4. The Morgan fingerprint density at radius 1 is 1.29 bits per heavy atom. The van der Waals surface area contributed by atoms with Crippen LogP contribution in [0, 0.1) is 0 Å². The first kappa shape index (κ1) is 11.3. The molecule has 1 aromatic carbocycles. The highest BCUT2D eigenvalue weighted by molar-refractivity contribution is 9.10. The number of thioether (sulfide) groups is 1. The number of nitrogens with zero attached hydrogens (tertiary/aromatic N) is 3. The molecule has 0 saturated heterocycles. The second kappa shape index (κ2) is 4.44. The van der Waals surface area contributed by atoms with Crippen LogP contribution in [0.5, 0.6) is 0 Å². The quantitative estimate of drug-likeness (QED) is 0.877. The first-order valence-electron chi connectivity index (χ1n) is 5.24. The molecule has 0 amide bonds. The van der Waals surface area contributed by atoms with Gasteiger partial charge in [-0.25, -0.2) is 0 Å². The van der Waals surface area contributed by atoms with Crippen LogP contribution < -0.4 is 0 Å². The fourth-order valence-electron chi connectivity index (χ4n) is 1.81. The lowest BCUT2D eigenvalue weighted by Crippen LogP contribution is -2.24. The maximum absolute atomic E-state index is 9.69. The molecule has 1 aromatic heterocycles.